The molecule has 1 aliphatic rings. The van der Waals surface area contributed by atoms with Gasteiger partial charge in [-0.15, -0.1) is 0 Å². The van der Waals surface area contributed by atoms with E-state index in [9.17, 15) is 4.79 Å². The number of nitrogens with one attached hydrogen (secondary N) is 2. The molecule has 0 aliphatic heterocycles. The summed E-state index contributed by atoms with van der Waals surface area (Å²) in [5.41, 5.74) is 0.282. The first-order valence-electron chi connectivity index (χ1n) is 7.31. The van der Waals surface area contributed by atoms with Gasteiger partial charge in [0, 0.05) is 18.5 Å². The van der Waals surface area contributed by atoms with Crippen molar-refractivity contribution in [2.24, 2.45) is 17.3 Å². The van der Waals surface area contributed by atoms with E-state index in [1.807, 2.05) is 14.0 Å². The first-order chi connectivity index (χ1) is 8.36. The van der Waals surface area contributed by atoms with Crippen molar-refractivity contribution < 1.29 is 4.79 Å². The van der Waals surface area contributed by atoms with E-state index < -0.39 is 0 Å². The lowest BCUT2D eigenvalue weighted by atomic mass is 9.69. The Kier molecular flexibility index (Phi) is 5.64. The van der Waals surface area contributed by atoms with Gasteiger partial charge in [0.1, 0.15) is 0 Å². The maximum absolute atomic E-state index is 12.1. The summed E-state index contributed by atoms with van der Waals surface area (Å²) in [6.45, 7) is 9.61. The smallest absolute Gasteiger partial charge is 0.224 e. The molecule has 0 spiro atoms. The number of rotatable bonds is 4. The van der Waals surface area contributed by atoms with Gasteiger partial charge in [-0.1, -0.05) is 40.5 Å². The zero-order valence-corrected chi connectivity index (χ0v) is 12.7. The predicted octanol–water partition coefficient (Wildman–Crippen LogP) is 2.56. The highest BCUT2D eigenvalue weighted by Gasteiger charge is 2.35. The van der Waals surface area contributed by atoms with Gasteiger partial charge in [-0.2, -0.15) is 0 Å². The molecule has 3 nitrogen and oxygen atoms in total. The average molecular weight is 254 g/mol. The second-order valence-corrected chi connectivity index (χ2v) is 6.83. The molecule has 1 fully saturated rings. The van der Waals surface area contributed by atoms with Gasteiger partial charge >= 0.3 is 0 Å². The number of carbonyl (C=O) groups excluding carboxylic acids is 1. The molecule has 0 aromatic carbocycles. The summed E-state index contributed by atoms with van der Waals surface area (Å²) in [4.78, 5) is 12.1. The molecule has 1 saturated carbocycles. The van der Waals surface area contributed by atoms with Gasteiger partial charge in [0.25, 0.3) is 0 Å². The Bertz CT molecular complexity index is 270. The molecule has 2 N–H and O–H groups in total. The average Bonchev–Trinajstić information content (AvgIpc) is 2.28. The van der Waals surface area contributed by atoms with Crippen LogP contribution in [0.15, 0.2) is 0 Å². The maximum Gasteiger partial charge on any atom is 0.224 e. The summed E-state index contributed by atoms with van der Waals surface area (Å²) in [6, 6.07) is 0.366. The minimum absolute atomic E-state index is 0.0533. The molecule has 0 aromatic heterocycles. The van der Waals surface area contributed by atoms with Crippen molar-refractivity contribution in [2.45, 2.75) is 59.4 Å². The molecule has 0 aromatic rings. The highest BCUT2D eigenvalue weighted by atomic mass is 16.1. The lowest BCUT2D eigenvalue weighted by Gasteiger charge is -2.41. The Balaban J connectivity index is 2.60. The van der Waals surface area contributed by atoms with Crippen LogP contribution in [-0.2, 0) is 4.79 Å². The van der Waals surface area contributed by atoms with Crippen LogP contribution in [-0.4, -0.2) is 25.5 Å². The van der Waals surface area contributed by atoms with Crippen molar-refractivity contribution >= 4 is 5.91 Å². The molecular formula is C15H30N2O. The molecule has 0 bridgehead atoms. The summed E-state index contributed by atoms with van der Waals surface area (Å²) in [7, 11) is 1.89. The quantitative estimate of drug-likeness (QED) is 0.809. The van der Waals surface area contributed by atoms with Crippen molar-refractivity contribution in [1.82, 2.24) is 10.6 Å². The number of hydrogen-bond acceptors (Lipinski definition) is 2. The highest BCUT2D eigenvalue weighted by Crippen LogP contribution is 2.38. The normalized spacial score (nSPS) is 26.7. The van der Waals surface area contributed by atoms with E-state index in [4.69, 9.17) is 0 Å². The molecule has 1 aliphatic carbocycles. The molecule has 0 saturated heterocycles. The van der Waals surface area contributed by atoms with E-state index >= 15 is 0 Å². The van der Waals surface area contributed by atoms with Gasteiger partial charge < -0.3 is 10.6 Å². The van der Waals surface area contributed by atoms with Gasteiger partial charge in [0.15, 0.2) is 0 Å². The van der Waals surface area contributed by atoms with E-state index in [-0.39, 0.29) is 17.2 Å². The summed E-state index contributed by atoms with van der Waals surface area (Å²) < 4.78 is 0. The lowest BCUT2D eigenvalue weighted by molar-refractivity contribution is -0.126. The molecule has 3 heteroatoms. The fourth-order valence-electron chi connectivity index (χ4n) is 3.06. The van der Waals surface area contributed by atoms with Gasteiger partial charge in [0.2, 0.25) is 5.91 Å². The maximum atomic E-state index is 12.1. The minimum Gasteiger partial charge on any atom is -0.353 e. The first kappa shape index (κ1) is 15.5. The molecule has 3 unspecified atom stereocenters. The topological polar surface area (TPSA) is 41.1 Å². The van der Waals surface area contributed by atoms with Crippen molar-refractivity contribution in [1.29, 1.82) is 0 Å². The molecule has 1 rings (SSSR count). The van der Waals surface area contributed by atoms with Gasteiger partial charge in [-0.05, 0) is 31.2 Å². The van der Waals surface area contributed by atoms with Gasteiger partial charge in [-0.3, -0.25) is 4.79 Å². The van der Waals surface area contributed by atoms with Crippen LogP contribution in [0.3, 0.4) is 0 Å². The number of hydrogen-bond donors (Lipinski definition) is 2. The van der Waals surface area contributed by atoms with Gasteiger partial charge in [-0.25, -0.2) is 0 Å². The second kappa shape index (κ2) is 6.55. The van der Waals surface area contributed by atoms with E-state index in [1.54, 1.807) is 0 Å². The fraction of sp³-hybridized carbons (Fsp3) is 0.933. The van der Waals surface area contributed by atoms with Crippen LogP contribution >= 0.6 is 0 Å². The van der Waals surface area contributed by atoms with Crippen molar-refractivity contribution in [3.8, 4) is 0 Å². The minimum atomic E-state index is 0.0533. The Morgan fingerprint density at radius 3 is 2.44 bits per heavy atom. The monoisotopic (exact) mass is 254 g/mol. The third-order valence-corrected chi connectivity index (χ3v) is 4.16. The van der Waals surface area contributed by atoms with Crippen LogP contribution in [0.5, 0.6) is 0 Å². The zero-order valence-electron chi connectivity index (χ0n) is 12.7. The third-order valence-electron chi connectivity index (χ3n) is 4.16. The van der Waals surface area contributed by atoms with E-state index in [0.717, 1.165) is 13.0 Å². The third kappa shape index (κ3) is 4.27. The molecule has 0 heterocycles. The predicted molar refractivity (Wildman–Crippen MR) is 76.4 cm³/mol. The van der Waals surface area contributed by atoms with Crippen LogP contribution < -0.4 is 10.6 Å². The molecule has 3 atom stereocenters. The van der Waals surface area contributed by atoms with Crippen LogP contribution in [0.1, 0.15) is 53.4 Å². The summed E-state index contributed by atoms with van der Waals surface area (Å²) in [6.07, 6.45) is 4.94. The molecule has 0 radical (unpaired) electrons. The largest absolute Gasteiger partial charge is 0.353 e. The van der Waals surface area contributed by atoms with Crippen molar-refractivity contribution in [2.75, 3.05) is 13.6 Å². The molecular weight excluding hydrogens is 224 g/mol. The highest BCUT2D eigenvalue weighted by molar-refractivity contribution is 5.78. The number of amides is 1. The van der Waals surface area contributed by atoms with Crippen LogP contribution in [0.4, 0.5) is 0 Å². The van der Waals surface area contributed by atoms with E-state index in [1.165, 1.54) is 19.3 Å². The van der Waals surface area contributed by atoms with Crippen LogP contribution in [0, 0.1) is 17.3 Å². The summed E-state index contributed by atoms with van der Waals surface area (Å²) in [5.74, 6) is 0.861. The second-order valence-electron chi connectivity index (χ2n) is 6.83. The van der Waals surface area contributed by atoms with E-state index in [2.05, 4.69) is 31.4 Å². The summed E-state index contributed by atoms with van der Waals surface area (Å²) >= 11 is 0. The van der Waals surface area contributed by atoms with Gasteiger partial charge in [0.05, 0.1) is 0 Å². The Labute approximate surface area is 112 Å². The Morgan fingerprint density at radius 1 is 1.28 bits per heavy atom. The standard InChI is InChI=1S/C15H30N2O/c1-11(10-16-5)14(18)17-13-9-7-6-8-12(13)15(2,3)4/h11-13,16H,6-10H2,1-5H3,(H,17,18). The Morgan fingerprint density at radius 2 is 1.89 bits per heavy atom. The van der Waals surface area contributed by atoms with Crippen molar-refractivity contribution in [3.05, 3.63) is 0 Å². The summed E-state index contributed by atoms with van der Waals surface area (Å²) in [5, 5.41) is 6.35. The van der Waals surface area contributed by atoms with E-state index in [0.29, 0.717) is 12.0 Å². The van der Waals surface area contributed by atoms with Crippen molar-refractivity contribution in [3.63, 3.8) is 0 Å². The molecule has 18 heavy (non-hydrogen) atoms. The molecule has 106 valence electrons. The fourth-order valence-corrected chi connectivity index (χ4v) is 3.06. The zero-order chi connectivity index (χ0) is 13.8. The van der Waals surface area contributed by atoms with Crippen LogP contribution in [0.2, 0.25) is 0 Å². The Hall–Kier alpha value is -0.570. The number of carbonyl (C=O) groups is 1. The first-order valence-corrected chi connectivity index (χ1v) is 7.31. The molecule has 1 amide bonds. The van der Waals surface area contributed by atoms with Crippen LogP contribution in [0.25, 0.3) is 0 Å². The SMILES string of the molecule is CNCC(C)C(=O)NC1CCCCC1C(C)(C)C. The lowest BCUT2D eigenvalue weighted by Crippen LogP contribution is -2.49.